The van der Waals surface area contributed by atoms with Crippen molar-refractivity contribution in [1.82, 2.24) is 19.8 Å². The Balaban J connectivity index is 2.15. The van der Waals surface area contributed by atoms with Crippen LogP contribution in [0.1, 0.15) is 32.3 Å². The Morgan fingerprint density at radius 3 is 2.65 bits per heavy atom. The molecule has 0 unspecified atom stereocenters. The molecule has 7 nitrogen and oxygen atoms in total. The Labute approximate surface area is 147 Å². The number of hydrogen-bond donors (Lipinski definition) is 2. The third-order valence-electron chi connectivity index (χ3n) is 3.44. The van der Waals surface area contributed by atoms with Crippen LogP contribution in [0.2, 0.25) is 0 Å². The molecular formula is C15H17IN6O. The van der Waals surface area contributed by atoms with E-state index in [4.69, 9.17) is 0 Å². The van der Waals surface area contributed by atoms with E-state index in [-0.39, 0.29) is 11.2 Å². The number of hydrogen-bond acceptors (Lipinski definition) is 5. The molecule has 120 valence electrons. The number of aromatic amines is 1. The highest BCUT2D eigenvalue weighted by molar-refractivity contribution is 14.1. The number of aromatic nitrogens is 4. The first kappa shape index (κ1) is 15.9. The van der Waals surface area contributed by atoms with Gasteiger partial charge in [0, 0.05) is 8.99 Å². The molecule has 0 saturated carbocycles. The number of aryl methyl sites for hydroxylation is 1. The summed E-state index contributed by atoms with van der Waals surface area (Å²) in [7, 11) is 0. The van der Waals surface area contributed by atoms with Crippen LogP contribution < -0.4 is 0 Å². The van der Waals surface area contributed by atoms with Crippen LogP contribution in [0, 0.1) is 10.5 Å². The molecule has 3 rings (SSSR count). The number of phenolic OH excluding ortho intramolecular Hbond substituents is 1. The summed E-state index contributed by atoms with van der Waals surface area (Å²) in [4.78, 5) is 0. The quantitative estimate of drug-likeness (QED) is 0.472. The SMILES string of the molecule is Cc1nnc2c(N=Nc3cc(I)ccc3O)c(C(C)(C)C)[nH]n12. The highest BCUT2D eigenvalue weighted by Gasteiger charge is 2.25. The first-order valence-corrected chi connectivity index (χ1v) is 8.19. The van der Waals surface area contributed by atoms with Crippen LogP contribution >= 0.6 is 22.6 Å². The number of nitrogens with one attached hydrogen (secondary N) is 1. The zero-order valence-corrected chi connectivity index (χ0v) is 15.5. The number of aromatic hydroxyl groups is 1. The third kappa shape index (κ3) is 2.94. The lowest BCUT2D eigenvalue weighted by atomic mass is 9.91. The molecule has 8 heteroatoms. The van der Waals surface area contributed by atoms with Crippen molar-refractivity contribution in [1.29, 1.82) is 0 Å². The molecule has 1 aromatic carbocycles. The van der Waals surface area contributed by atoms with E-state index in [1.807, 2.05) is 13.0 Å². The van der Waals surface area contributed by atoms with Crippen molar-refractivity contribution in [3.05, 3.63) is 33.3 Å². The number of rotatable bonds is 2. The van der Waals surface area contributed by atoms with Gasteiger partial charge in [-0.3, -0.25) is 5.10 Å². The van der Waals surface area contributed by atoms with Gasteiger partial charge in [0.05, 0.1) is 5.69 Å². The molecular weight excluding hydrogens is 407 g/mol. The number of azo groups is 1. The van der Waals surface area contributed by atoms with Crippen molar-refractivity contribution in [2.24, 2.45) is 10.2 Å². The van der Waals surface area contributed by atoms with E-state index < -0.39 is 0 Å². The zero-order valence-electron chi connectivity index (χ0n) is 13.3. The van der Waals surface area contributed by atoms with Crippen molar-refractivity contribution in [2.75, 3.05) is 0 Å². The van der Waals surface area contributed by atoms with Crippen LogP contribution in [-0.2, 0) is 5.41 Å². The molecule has 0 aliphatic carbocycles. The average Bonchev–Trinajstić information content (AvgIpc) is 3.00. The minimum Gasteiger partial charge on any atom is -0.506 e. The number of fused-ring (bicyclic) bond motifs is 1. The van der Waals surface area contributed by atoms with Crippen LogP contribution in [0.15, 0.2) is 28.4 Å². The maximum Gasteiger partial charge on any atom is 0.205 e. The van der Waals surface area contributed by atoms with E-state index in [0.29, 0.717) is 17.0 Å². The van der Waals surface area contributed by atoms with E-state index >= 15 is 0 Å². The molecule has 0 spiro atoms. The van der Waals surface area contributed by atoms with Gasteiger partial charge < -0.3 is 5.11 Å². The molecule has 23 heavy (non-hydrogen) atoms. The van der Waals surface area contributed by atoms with E-state index in [9.17, 15) is 5.11 Å². The molecule has 0 aliphatic heterocycles. The van der Waals surface area contributed by atoms with Crippen LogP contribution in [0.5, 0.6) is 5.75 Å². The number of benzene rings is 1. The summed E-state index contributed by atoms with van der Waals surface area (Å²) in [5, 5.41) is 30.0. The highest BCUT2D eigenvalue weighted by atomic mass is 127. The second kappa shape index (κ2) is 5.59. The van der Waals surface area contributed by atoms with Crippen LogP contribution in [0.4, 0.5) is 11.4 Å². The van der Waals surface area contributed by atoms with E-state index in [1.54, 1.807) is 16.6 Å². The predicted octanol–water partition coefficient (Wildman–Crippen LogP) is 4.39. The molecule has 0 saturated heterocycles. The summed E-state index contributed by atoms with van der Waals surface area (Å²) in [6, 6.07) is 5.19. The van der Waals surface area contributed by atoms with Gasteiger partial charge in [-0.2, -0.15) is 0 Å². The molecule has 2 N–H and O–H groups in total. The molecule has 0 amide bonds. The molecule has 0 atom stereocenters. The van der Waals surface area contributed by atoms with Gasteiger partial charge in [0.15, 0.2) is 5.69 Å². The predicted molar refractivity (Wildman–Crippen MR) is 95.8 cm³/mol. The van der Waals surface area contributed by atoms with Crippen molar-refractivity contribution in [2.45, 2.75) is 33.1 Å². The lowest BCUT2D eigenvalue weighted by Gasteiger charge is -2.16. The van der Waals surface area contributed by atoms with Crippen LogP contribution in [-0.4, -0.2) is 24.9 Å². The summed E-state index contributed by atoms with van der Waals surface area (Å²) in [5.74, 6) is 0.847. The summed E-state index contributed by atoms with van der Waals surface area (Å²) in [5.41, 5.74) is 2.44. The van der Waals surface area contributed by atoms with Gasteiger partial charge in [0.25, 0.3) is 0 Å². The minimum atomic E-state index is -0.158. The summed E-state index contributed by atoms with van der Waals surface area (Å²) >= 11 is 2.17. The maximum atomic E-state index is 9.91. The first-order valence-electron chi connectivity index (χ1n) is 7.12. The molecule has 2 heterocycles. The smallest absolute Gasteiger partial charge is 0.205 e. The fourth-order valence-corrected chi connectivity index (χ4v) is 2.70. The number of nitrogens with zero attached hydrogens (tertiary/aromatic N) is 5. The summed E-state index contributed by atoms with van der Waals surface area (Å²) < 4.78 is 2.77. The van der Waals surface area contributed by atoms with Crippen LogP contribution in [0.3, 0.4) is 0 Å². The average molecular weight is 424 g/mol. The highest BCUT2D eigenvalue weighted by Crippen LogP contribution is 2.36. The molecule has 0 fully saturated rings. The topological polar surface area (TPSA) is 90.9 Å². The summed E-state index contributed by atoms with van der Waals surface area (Å²) in [6.45, 7) is 8.13. The Morgan fingerprint density at radius 2 is 1.96 bits per heavy atom. The van der Waals surface area contributed by atoms with Gasteiger partial charge in [-0.05, 0) is 47.7 Å². The number of phenols is 1. The Kier molecular flexibility index (Phi) is 3.86. The molecule has 0 aliphatic rings. The number of halogens is 1. The second-order valence-corrected chi connectivity index (χ2v) is 7.57. The number of H-pyrrole nitrogens is 1. The van der Waals surface area contributed by atoms with E-state index in [1.165, 1.54) is 0 Å². The third-order valence-corrected chi connectivity index (χ3v) is 4.11. The normalized spacial score (nSPS) is 12.6. The monoisotopic (exact) mass is 424 g/mol. The lowest BCUT2D eigenvalue weighted by Crippen LogP contribution is -2.12. The van der Waals surface area contributed by atoms with Crippen molar-refractivity contribution in [3.63, 3.8) is 0 Å². The van der Waals surface area contributed by atoms with Gasteiger partial charge in [-0.1, -0.05) is 20.8 Å². The Morgan fingerprint density at radius 1 is 1.22 bits per heavy atom. The Hall–Kier alpha value is -1.97. The molecule has 0 bridgehead atoms. The van der Waals surface area contributed by atoms with Gasteiger partial charge >= 0.3 is 0 Å². The van der Waals surface area contributed by atoms with Gasteiger partial charge in [0.2, 0.25) is 5.65 Å². The molecule has 3 aromatic rings. The zero-order chi connectivity index (χ0) is 16.8. The maximum absolute atomic E-state index is 9.91. The standard InChI is InChI=1S/C15H17IN6O/c1-8-17-20-14-12(13(15(2,3)4)21-22(8)14)19-18-10-7-9(16)5-6-11(10)23/h5-7,21,23H,1-4H3. The van der Waals surface area contributed by atoms with E-state index in [2.05, 4.69) is 68.9 Å². The fourth-order valence-electron chi connectivity index (χ4n) is 2.22. The van der Waals surface area contributed by atoms with Crippen LogP contribution in [0.25, 0.3) is 5.65 Å². The van der Waals surface area contributed by atoms with Gasteiger partial charge in [0.1, 0.15) is 17.3 Å². The van der Waals surface area contributed by atoms with Crippen molar-refractivity contribution >= 4 is 39.6 Å². The van der Waals surface area contributed by atoms with Gasteiger partial charge in [-0.15, -0.1) is 20.4 Å². The summed E-state index contributed by atoms with van der Waals surface area (Å²) in [6.07, 6.45) is 0. The van der Waals surface area contributed by atoms with Gasteiger partial charge in [-0.25, -0.2) is 4.52 Å². The van der Waals surface area contributed by atoms with E-state index in [0.717, 1.165) is 15.1 Å². The largest absolute Gasteiger partial charge is 0.506 e. The van der Waals surface area contributed by atoms with Crippen molar-refractivity contribution in [3.8, 4) is 5.75 Å². The lowest BCUT2D eigenvalue weighted by molar-refractivity contribution is 0.476. The molecule has 2 aromatic heterocycles. The second-order valence-electron chi connectivity index (χ2n) is 6.32. The molecule has 0 radical (unpaired) electrons. The fraction of sp³-hybridized carbons (Fsp3) is 0.333. The minimum absolute atomic E-state index is 0.0932. The Bertz CT molecular complexity index is 903. The first-order chi connectivity index (χ1) is 10.8. The van der Waals surface area contributed by atoms with Crippen molar-refractivity contribution < 1.29 is 5.11 Å².